The van der Waals surface area contributed by atoms with Crippen molar-refractivity contribution in [3.8, 4) is 0 Å². The highest BCUT2D eigenvalue weighted by Crippen LogP contribution is 2.36. The lowest BCUT2D eigenvalue weighted by Gasteiger charge is -2.27. The third-order valence-corrected chi connectivity index (χ3v) is 4.31. The minimum absolute atomic E-state index is 0.0445. The maximum absolute atomic E-state index is 11.3. The first-order valence-electron chi connectivity index (χ1n) is 6.63. The van der Waals surface area contributed by atoms with E-state index in [-0.39, 0.29) is 5.69 Å². The van der Waals surface area contributed by atoms with Crippen LogP contribution in [0.4, 0.5) is 0 Å². The number of carboxylic acid groups (broad SMARTS) is 1. The Kier molecular flexibility index (Phi) is 3.93. The number of halogens is 2. The van der Waals surface area contributed by atoms with Gasteiger partial charge < -0.3 is 5.11 Å². The van der Waals surface area contributed by atoms with E-state index in [1.165, 1.54) is 10.7 Å². The lowest BCUT2D eigenvalue weighted by molar-refractivity contribution is 0.0680. The summed E-state index contributed by atoms with van der Waals surface area (Å²) in [4.78, 5) is 10.3. The van der Waals surface area contributed by atoms with Crippen molar-refractivity contribution in [1.29, 1.82) is 0 Å². The maximum atomic E-state index is 11.3. The molecule has 22 heavy (non-hydrogen) atoms. The summed E-state index contributed by atoms with van der Waals surface area (Å²) >= 11 is 9.80. The number of aromatic carboxylic acids is 1. The lowest BCUT2D eigenvalue weighted by Crippen LogP contribution is -2.30. The molecule has 1 aliphatic carbocycles. The van der Waals surface area contributed by atoms with Gasteiger partial charge in [-0.25, -0.2) is 9.48 Å². The lowest BCUT2D eigenvalue weighted by atomic mass is 9.97. The van der Waals surface area contributed by atoms with E-state index in [9.17, 15) is 9.90 Å². The zero-order valence-corrected chi connectivity index (χ0v) is 13.8. The number of allylic oxidation sites excluding steroid dienone is 4. The van der Waals surface area contributed by atoms with Gasteiger partial charge in [-0.3, -0.25) is 0 Å². The molecule has 1 atom stereocenters. The fourth-order valence-corrected chi connectivity index (χ4v) is 3.04. The second-order valence-corrected chi connectivity index (χ2v) is 6.42. The van der Waals surface area contributed by atoms with E-state index in [4.69, 9.17) is 11.6 Å². The SMILES string of the molecule is O=C(O)c1cc(Br)nn1C1(Cl)C=CC(c2ccccc2)=CC1. The van der Waals surface area contributed by atoms with Gasteiger partial charge in [-0.1, -0.05) is 54.1 Å². The number of nitrogens with zero attached hydrogens (tertiary/aromatic N) is 2. The Labute approximate surface area is 140 Å². The number of hydrogen-bond acceptors (Lipinski definition) is 2. The second-order valence-electron chi connectivity index (χ2n) is 4.95. The predicted molar refractivity (Wildman–Crippen MR) is 88.9 cm³/mol. The molecule has 112 valence electrons. The molecule has 0 bridgehead atoms. The average Bonchev–Trinajstić information content (AvgIpc) is 2.92. The Balaban J connectivity index is 1.94. The first kappa shape index (κ1) is 15.1. The highest BCUT2D eigenvalue weighted by atomic mass is 79.9. The number of benzene rings is 1. The number of carboxylic acids is 1. The predicted octanol–water partition coefficient (Wildman–Crippen LogP) is 4.28. The minimum Gasteiger partial charge on any atom is -0.477 e. The van der Waals surface area contributed by atoms with E-state index in [1.807, 2.05) is 42.5 Å². The van der Waals surface area contributed by atoms with Gasteiger partial charge in [0.15, 0.2) is 5.00 Å². The van der Waals surface area contributed by atoms with E-state index in [0.29, 0.717) is 11.0 Å². The molecule has 0 fully saturated rings. The summed E-state index contributed by atoms with van der Waals surface area (Å²) < 4.78 is 1.77. The molecule has 1 aromatic heterocycles. The van der Waals surface area contributed by atoms with Crippen molar-refractivity contribution in [1.82, 2.24) is 9.78 Å². The summed E-state index contributed by atoms with van der Waals surface area (Å²) in [6, 6.07) is 11.4. The van der Waals surface area contributed by atoms with Crippen LogP contribution in [0.1, 0.15) is 22.5 Å². The first-order chi connectivity index (χ1) is 10.5. The van der Waals surface area contributed by atoms with Gasteiger partial charge in [-0.15, -0.1) is 0 Å². The largest absolute Gasteiger partial charge is 0.477 e. The summed E-state index contributed by atoms with van der Waals surface area (Å²) in [6.45, 7) is 0. The molecule has 1 aliphatic rings. The molecule has 1 heterocycles. The monoisotopic (exact) mass is 378 g/mol. The summed E-state index contributed by atoms with van der Waals surface area (Å²) in [5.74, 6) is -1.07. The average molecular weight is 380 g/mol. The molecule has 3 rings (SSSR count). The molecule has 1 unspecified atom stereocenters. The molecule has 0 aliphatic heterocycles. The van der Waals surface area contributed by atoms with Crippen molar-refractivity contribution < 1.29 is 9.90 Å². The van der Waals surface area contributed by atoms with Gasteiger partial charge in [-0.05, 0) is 33.1 Å². The minimum atomic E-state index is -1.07. The number of aromatic nitrogens is 2. The van der Waals surface area contributed by atoms with Crippen LogP contribution in [0, 0.1) is 0 Å². The van der Waals surface area contributed by atoms with Crippen molar-refractivity contribution in [3.63, 3.8) is 0 Å². The normalized spacial score (nSPS) is 20.7. The Hall–Kier alpha value is -1.85. The van der Waals surface area contributed by atoms with Crippen molar-refractivity contribution >= 4 is 39.1 Å². The Morgan fingerprint density at radius 2 is 2.09 bits per heavy atom. The summed E-state index contributed by atoms with van der Waals surface area (Å²) in [7, 11) is 0. The standard InChI is InChI=1S/C16H12BrClN2O2/c17-14-10-13(15(21)22)20(19-14)16(18)8-6-12(7-9-16)11-4-2-1-3-5-11/h1-8,10H,9H2,(H,21,22). The van der Waals surface area contributed by atoms with Gasteiger partial charge in [0.1, 0.15) is 10.3 Å². The number of hydrogen-bond donors (Lipinski definition) is 1. The van der Waals surface area contributed by atoms with Gasteiger partial charge in [0.05, 0.1) is 0 Å². The molecule has 1 aromatic carbocycles. The van der Waals surface area contributed by atoms with Gasteiger partial charge in [0, 0.05) is 12.5 Å². The molecule has 2 aromatic rings. The quantitative estimate of drug-likeness (QED) is 0.810. The van der Waals surface area contributed by atoms with Crippen LogP contribution in [0.5, 0.6) is 0 Å². The summed E-state index contributed by atoms with van der Waals surface area (Å²) in [5.41, 5.74) is 2.20. The number of rotatable bonds is 3. The van der Waals surface area contributed by atoms with Crippen LogP contribution >= 0.6 is 27.5 Å². The zero-order chi connectivity index (χ0) is 15.7. The number of alkyl halides is 1. The first-order valence-corrected chi connectivity index (χ1v) is 7.80. The van der Waals surface area contributed by atoms with E-state index >= 15 is 0 Å². The van der Waals surface area contributed by atoms with Crippen LogP contribution in [0.2, 0.25) is 0 Å². The van der Waals surface area contributed by atoms with Crippen molar-refractivity contribution in [2.24, 2.45) is 0 Å². The van der Waals surface area contributed by atoms with Crippen LogP contribution in [-0.4, -0.2) is 20.9 Å². The van der Waals surface area contributed by atoms with Crippen molar-refractivity contribution in [2.75, 3.05) is 0 Å². The smallest absolute Gasteiger partial charge is 0.354 e. The van der Waals surface area contributed by atoms with E-state index in [1.54, 1.807) is 6.08 Å². The molecule has 0 radical (unpaired) electrons. The molecule has 0 spiro atoms. The van der Waals surface area contributed by atoms with E-state index in [0.717, 1.165) is 11.1 Å². The van der Waals surface area contributed by atoms with Crippen LogP contribution in [0.3, 0.4) is 0 Å². The summed E-state index contributed by atoms with van der Waals surface area (Å²) in [5, 5.41) is 13.4. The van der Waals surface area contributed by atoms with Gasteiger partial charge >= 0.3 is 5.97 Å². The maximum Gasteiger partial charge on any atom is 0.354 e. The third-order valence-electron chi connectivity index (χ3n) is 3.48. The van der Waals surface area contributed by atoms with Gasteiger partial charge in [-0.2, -0.15) is 5.10 Å². The number of carbonyl (C=O) groups is 1. The topological polar surface area (TPSA) is 55.1 Å². The molecule has 4 nitrogen and oxygen atoms in total. The molecule has 0 saturated heterocycles. The Morgan fingerprint density at radius 1 is 1.36 bits per heavy atom. The molecule has 0 amide bonds. The molecule has 0 saturated carbocycles. The van der Waals surface area contributed by atoms with Crippen molar-refractivity contribution in [3.05, 3.63) is 70.5 Å². The zero-order valence-electron chi connectivity index (χ0n) is 11.4. The summed E-state index contributed by atoms with van der Waals surface area (Å²) in [6.07, 6.45) is 6.11. The van der Waals surface area contributed by atoms with Crippen LogP contribution in [-0.2, 0) is 5.00 Å². The van der Waals surface area contributed by atoms with Crippen molar-refractivity contribution in [2.45, 2.75) is 11.4 Å². The van der Waals surface area contributed by atoms with Crippen LogP contribution in [0.15, 0.2) is 59.2 Å². The third kappa shape index (κ3) is 2.74. The second kappa shape index (κ2) is 5.74. The fraction of sp³-hybridized carbons (Fsp3) is 0.125. The fourth-order valence-electron chi connectivity index (χ4n) is 2.40. The Bertz CT molecular complexity index is 783. The molecule has 1 N–H and O–H groups in total. The Morgan fingerprint density at radius 3 is 2.68 bits per heavy atom. The molecule has 6 heteroatoms. The van der Waals surface area contributed by atoms with Gasteiger partial charge in [0.2, 0.25) is 0 Å². The molecular formula is C16H12BrClN2O2. The highest BCUT2D eigenvalue weighted by Gasteiger charge is 2.33. The van der Waals surface area contributed by atoms with Crippen LogP contribution < -0.4 is 0 Å². The van der Waals surface area contributed by atoms with Gasteiger partial charge in [0.25, 0.3) is 0 Å². The highest BCUT2D eigenvalue weighted by molar-refractivity contribution is 9.10. The molecular weight excluding hydrogens is 368 g/mol. The van der Waals surface area contributed by atoms with E-state index in [2.05, 4.69) is 21.0 Å². The van der Waals surface area contributed by atoms with E-state index < -0.39 is 11.0 Å². The van der Waals surface area contributed by atoms with Crippen LogP contribution in [0.25, 0.3) is 5.57 Å².